The molecule has 0 N–H and O–H groups in total. The molecule has 0 aromatic heterocycles. The van der Waals surface area contributed by atoms with E-state index in [0.717, 1.165) is 0 Å². The summed E-state index contributed by atoms with van der Waals surface area (Å²) in [4.78, 5) is 0. The fourth-order valence-corrected chi connectivity index (χ4v) is 4.71. The second-order valence-corrected chi connectivity index (χ2v) is 7.03. The van der Waals surface area contributed by atoms with Crippen molar-refractivity contribution in [1.82, 2.24) is 0 Å². The first kappa shape index (κ1) is 24.9. The fourth-order valence-electron chi connectivity index (χ4n) is 4.71. The van der Waals surface area contributed by atoms with Gasteiger partial charge in [0.15, 0.2) is 0 Å². The predicted octanol–water partition coefficient (Wildman–Crippen LogP) is 8.90. The minimum atomic E-state index is -0.264. The summed E-state index contributed by atoms with van der Waals surface area (Å²) in [6.07, 6.45) is 0. The Labute approximate surface area is 184 Å². The number of benzene rings is 4. The molecule has 1 aliphatic rings. The molecule has 0 radical (unpaired) electrons. The van der Waals surface area contributed by atoms with Gasteiger partial charge in [0.05, 0.1) is 5.41 Å². The van der Waals surface area contributed by atoms with Gasteiger partial charge in [-0.25, -0.2) is 0 Å². The zero-order valence-corrected chi connectivity index (χ0v) is 14.8. The van der Waals surface area contributed by atoms with Crippen molar-refractivity contribution >= 4 is 0 Å². The number of fused-ring (bicyclic) bond motifs is 3. The maximum atomic E-state index is 2.30. The van der Waals surface area contributed by atoms with Gasteiger partial charge in [-0.05, 0) is 45.9 Å². The molecule has 0 spiro atoms. The van der Waals surface area contributed by atoms with E-state index in [2.05, 4.69) is 110 Å². The van der Waals surface area contributed by atoms with Crippen LogP contribution in [0.1, 0.15) is 57.5 Å². The molecule has 1 aliphatic carbocycles. The van der Waals surface area contributed by atoms with E-state index >= 15 is 0 Å². The summed E-state index contributed by atoms with van der Waals surface area (Å²) >= 11 is 0. The standard InChI is InChI=1S/C26H20.4CH4/c1-19-11-10-17-23-22-16-8-9-18-24(22)26(25(19)23,20-12-4-2-5-13-20)21-14-6-3-7-15-21;;;;/h2-18H,1H3;4*1H4. The molecule has 5 rings (SSSR count). The molecule has 0 nitrogen and oxygen atoms in total. The van der Waals surface area contributed by atoms with Crippen molar-refractivity contribution in [3.8, 4) is 11.1 Å². The van der Waals surface area contributed by atoms with Gasteiger partial charge in [0.2, 0.25) is 0 Å². The SMILES string of the molecule is C.C.C.C.Cc1cccc2c1C(c1ccccc1)(c1ccccc1)c1ccccc1-2. The Hall–Kier alpha value is -3.12. The Morgan fingerprint density at radius 2 is 0.933 bits per heavy atom. The second-order valence-electron chi connectivity index (χ2n) is 7.03. The Bertz CT molecular complexity index is 1040. The number of aryl methyl sites for hydroxylation is 1. The molecule has 0 atom stereocenters. The first-order valence-corrected chi connectivity index (χ1v) is 9.14. The van der Waals surface area contributed by atoms with Crippen LogP contribution in [0.5, 0.6) is 0 Å². The van der Waals surface area contributed by atoms with Crippen molar-refractivity contribution in [3.63, 3.8) is 0 Å². The lowest BCUT2D eigenvalue weighted by atomic mass is 9.67. The molecule has 0 fully saturated rings. The van der Waals surface area contributed by atoms with Crippen LogP contribution in [0.4, 0.5) is 0 Å². The van der Waals surface area contributed by atoms with Gasteiger partial charge < -0.3 is 0 Å². The summed E-state index contributed by atoms with van der Waals surface area (Å²) in [5.41, 5.74) is 9.22. The highest BCUT2D eigenvalue weighted by atomic mass is 14.5. The molecule has 4 aromatic carbocycles. The van der Waals surface area contributed by atoms with E-state index in [-0.39, 0.29) is 35.1 Å². The topological polar surface area (TPSA) is 0 Å². The lowest BCUT2D eigenvalue weighted by Crippen LogP contribution is -2.29. The lowest BCUT2D eigenvalue weighted by Gasteiger charge is -2.34. The number of rotatable bonds is 2. The van der Waals surface area contributed by atoms with Crippen molar-refractivity contribution in [2.45, 2.75) is 42.0 Å². The molecule has 0 saturated carbocycles. The second kappa shape index (κ2) is 9.59. The van der Waals surface area contributed by atoms with Gasteiger partial charge in [-0.15, -0.1) is 0 Å². The molecule has 0 unspecified atom stereocenters. The van der Waals surface area contributed by atoms with Gasteiger partial charge in [0.25, 0.3) is 0 Å². The highest BCUT2D eigenvalue weighted by Crippen LogP contribution is 2.56. The molecule has 0 amide bonds. The minimum Gasteiger partial charge on any atom is -0.0776 e. The van der Waals surface area contributed by atoms with Gasteiger partial charge in [0.1, 0.15) is 0 Å². The Kier molecular flexibility index (Phi) is 7.96. The molecule has 4 aromatic rings. The molecule has 0 saturated heterocycles. The first-order chi connectivity index (χ1) is 12.8. The first-order valence-electron chi connectivity index (χ1n) is 9.14. The molecular formula is C30H36. The van der Waals surface area contributed by atoms with Crippen LogP contribution in [-0.2, 0) is 5.41 Å². The van der Waals surface area contributed by atoms with E-state index in [0.29, 0.717) is 0 Å². The minimum absolute atomic E-state index is 0. The Balaban J connectivity index is 0.00000112. The van der Waals surface area contributed by atoms with Crippen LogP contribution in [-0.4, -0.2) is 0 Å². The monoisotopic (exact) mass is 396 g/mol. The van der Waals surface area contributed by atoms with E-state index in [1.54, 1.807) is 0 Å². The van der Waals surface area contributed by atoms with E-state index in [1.807, 2.05) is 0 Å². The van der Waals surface area contributed by atoms with Crippen molar-refractivity contribution in [3.05, 3.63) is 131 Å². The van der Waals surface area contributed by atoms with Crippen LogP contribution in [0.3, 0.4) is 0 Å². The molecule has 0 heterocycles. The van der Waals surface area contributed by atoms with E-state index in [9.17, 15) is 0 Å². The van der Waals surface area contributed by atoms with Gasteiger partial charge in [-0.2, -0.15) is 0 Å². The van der Waals surface area contributed by atoms with Gasteiger partial charge in [-0.3, -0.25) is 0 Å². The Morgan fingerprint density at radius 3 is 1.50 bits per heavy atom. The van der Waals surface area contributed by atoms with Gasteiger partial charge >= 0.3 is 0 Å². The fraction of sp³-hybridized carbons (Fsp3) is 0.200. The summed E-state index contributed by atoms with van der Waals surface area (Å²) in [5, 5.41) is 0. The van der Waals surface area contributed by atoms with Crippen molar-refractivity contribution in [2.24, 2.45) is 0 Å². The zero-order chi connectivity index (χ0) is 17.6. The molecular weight excluding hydrogens is 360 g/mol. The normalized spacial score (nSPS) is 12.0. The smallest absolute Gasteiger partial charge is 0.0716 e. The molecule has 0 aliphatic heterocycles. The van der Waals surface area contributed by atoms with Crippen LogP contribution < -0.4 is 0 Å². The van der Waals surface area contributed by atoms with Crippen LogP contribution in [0.15, 0.2) is 103 Å². The molecule has 30 heavy (non-hydrogen) atoms. The van der Waals surface area contributed by atoms with Crippen molar-refractivity contribution < 1.29 is 0 Å². The van der Waals surface area contributed by atoms with E-state index in [1.165, 1.54) is 38.9 Å². The van der Waals surface area contributed by atoms with Gasteiger partial charge in [0, 0.05) is 0 Å². The van der Waals surface area contributed by atoms with Gasteiger partial charge in [-0.1, -0.05) is 133 Å². The zero-order valence-electron chi connectivity index (χ0n) is 14.8. The summed E-state index contributed by atoms with van der Waals surface area (Å²) < 4.78 is 0. The summed E-state index contributed by atoms with van der Waals surface area (Å²) in [6, 6.07) is 37.5. The maximum absolute atomic E-state index is 2.30. The summed E-state index contributed by atoms with van der Waals surface area (Å²) in [7, 11) is 0. The highest BCUT2D eigenvalue weighted by Gasteiger charge is 2.46. The Morgan fingerprint density at radius 1 is 0.467 bits per heavy atom. The quantitative estimate of drug-likeness (QED) is 0.279. The van der Waals surface area contributed by atoms with E-state index in [4.69, 9.17) is 0 Å². The third-order valence-electron chi connectivity index (χ3n) is 5.68. The van der Waals surface area contributed by atoms with E-state index < -0.39 is 0 Å². The van der Waals surface area contributed by atoms with Crippen LogP contribution >= 0.6 is 0 Å². The largest absolute Gasteiger partial charge is 0.0776 e. The lowest BCUT2D eigenvalue weighted by molar-refractivity contribution is 0.762. The molecule has 0 bridgehead atoms. The summed E-state index contributed by atoms with van der Waals surface area (Å²) in [5.74, 6) is 0. The number of hydrogen-bond acceptors (Lipinski definition) is 0. The van der Waals surface area contributed by atoms with Crippen LogP contribution in [0.2, 0.25) is 0 Å². The third kappa shape index (κ3) is 3.27. The third-order valence-corrected chi connectivity index (χ3v) is 5.68. The van der Waals surface area contributed by atoms with Crippen LogP contribution in [0, 0.1) is 6.92 Å². The molecule has 0 heteroatoms. The predicted molar refractivity (Wildman–Crippen MR) is 135 cm³/mol. The van der Waals surface area contributed by atoms with Crippen molar-refractivity contribution in [2.75, 3.05) is 0 Å². The average molecular weight is 397 g/mol. The number of hydrogen-bond donors (Lipinski definition) is 0. The summed E-state index contributed by atoms with van der Waals surface area (Å²) in [6.45, 7) is 2.24. The average Bonchev–Trinajstić information content (AvgIpc) is 3.02. The highest BCUT2D eigenvalue weighted by molar-refractivity contribution is 5.87. The molecule has 156 valence electrons. The van der Waals surface area contributed by atoms with Crippen LogP contribution in [0.25, 0.3) is 11.1 Å². The van der Waals surface area contributed by atoms with Crippen molar-refractivity contribution in [1.29, 1.82) is 0 Å². The maximum Gasteiger partial charge on any atom is 0.0716 e.